The minimum Gasteiger partial charge on any atom is -0.455 e. The summed E-state index contributed by atoms with van der Waals surface area (Å²) in [5, 5.41) is 0. The van der Waals surface area contributed by atoms with Crippen molar-refractivity contribution in [1.82, 2.24) is 4.90 Å². The molecule has 0 spiro atoms. The van der Waals surface area contributed by atoms with Crippen LogP contribution in [-0.2, 0) is 19.0 Å². The number of imide groups is 1. The number of nitrogens with zero attached hydrogens (tertiary/aromatic N) is 1. The van der Waals surface area contributed by atoms with Gasteiger partial charge in [-0.25, -0.2) is 14.4 Å². The number of allylic oxidation sites excluding steroid dienone is 1. The van der Waals surface area contributed by atoms with Gasteiger partial charge in [-0.05, 0) is 69.2 Å². The number of esters is 1. The topological polar surface area (TPSA) is 82.1 Å². The fourth-order valence-corrected chi connectivity index (χ4v) is 1.55. The monoisotopic (exact) mass is 357 g/mol. The molecule has 0 fully saturated rings. The summed E-state index contributed by atoms with van der Waals surface area (Å²) in [6.45, 7) is 16.5. The van der Waals surface area contributed by atoms with Crippen LogP contribution in [0.15, 0.2) is 11.8 Å². The largest absolute Gasteiger partial charge is 0.455 e. The van der Waals surface area contributed by atoms with E-state index >= 15 is 0 Å². The Hall–Kier alpha value is -2.05. The average molecular weight is 357 g/mol. The molecule has 0 unspecified atom stereocenters. The number of hydrogen-bond donors (Lipinski definition) is 0. The van der Waals surface area contributed by atoms with Gasteiger partial charge < -0.3 is 14.2 Å². The molecule has 0 aliphatic carbocycles. The molecule has 0 aromatic rings. The van der Waals surface area contributed by atoms with Gasteiger partial charge in [0.25, 0.3) is 0 Å². The van der Waals surface area contributed by atoms with E-state index in [4.69, 9.17) is 14.2 Å². The van der Waals surface area contributed by atoms with Crippen molar-refractivity contribution in [1.29, 1.82) is 0 Å². The Morgan fingerprint density at radius 3 is 1.24 bits per heavy atom. The highest BCUT2D eigenvalue weighted by Gasteiger charge is 2.37. The molecule has 25 heavy (non-hydrogen) atoms. The van der Waals surface area contributed by atoms with E-state index in [1.54, 1.807) is 62.3 Å². The molecule has 0 saturated carbocycles. The molecule has 0 saturated heterocycles. The fraction of sp³-hybridized carbons (Fsp3) is 0.722. The van der Waals surface area contributed by atoms with Gasteiger partial charge in [0.2, 0.25) is 0 Å². The summed E-state index contributed by atoms with van der Waals surface area (Å²) in [7, 11) is 0. The van der Waals surface area contributed by atoms with E-state index in [2.05, 4.69) is 0 Å². The van der Waals surface area contributed by atoms with E-state index in [1.807, 2.05) is 0 Å². The molecule has 0 radical (unpaired) electrons. The second-order valence-electron chi connectivity index (χ2n) is 8.47. The summed E-state index contributed by atoms with van der Waals surface area (Å²) in [5.74, 6) is -0.827. The first-order valence-corrected chi connectivity index (χ1v) is 8.12. The molecular weight excluding hydrogens is 326 g/mol. The molecule has 0 aromatic carbocycles. The molecular formula is C18H31NO6. The van der Waals surface area contributed by atoms with Crippen LogP contribution in [-0.4, -0.2) is 39.9 Å². The standard InChI is InChI=1S/C18H31NO6/c1-11-12(13(20)23-16(2,3)4)19(14(21)24-17(5,6)7)15(22)25-18(8,9)10/h11H,1-10H3/b12-11-. The smallest absolute Gasteiger partial charge is 0.424 e. The molecule has 0 N–H and O–H groups in total. The average Bonchev–Trinajstić information content (AvgIpc) is 2.27. The minimum atomic E-state index is -1.01. The van der Waals surface area contributed by atoms with E-state index in [-0.39, 0.29) is 5.70 Å². The fourth-order valence-electron chi connectivity index (χ4n) is 1.55. The van der Waals surface area contributed by atoms with Crippen LogP contribution >= 0.6 is 0 Å². The number of amides is 2. The zero-order valence-corrected chi connectivity index (χ0v) is 17.0. The molecule has 0 heterocycles. The Morgan fingerprint density at radius 2 is 1.00 bits per heavy atom. The molecule has 7 heteroatoms. The third-order valence-electron chi connectivity index (χ3n) is 2.27. The molecule has 0 aliphatic rings. The summed E-state index contributed by atoms with van der Waals surface area (Å²) in [5.41, 5.74) is -2.77. The normalized spacial score (nSPS) is 13.1. The lowest BCUT2D eigenvalue weighted by atomic mass is 10.2. The van der Waals surface area contributed by atoms with Gasteiger partial charge in [-0.1, -0.05) is 6.08 Å². The van der Waals surface area contributed by atoms with Crippen molar-refractivity contribution in [2.75, 3.05) is 0 Å². The summed E-state index contributed by atoms with van der Waals surface area (Å²) < 4.78 is 15.7. The van der Waals surface area contributed by atoms with Gasteiger partial charge in [0.15, 0.2) is 0 Å². The van der Waals surface area contributed by atoms with Crippen molar-refractivity contribution >= 4 is 18.2 Å². The van der Waals surface area contributed by atoms with Gasteiger partial charge in [0.1, 0.15) is 22.5 Å². The predicted molar refractivity (Wildman–Crippen MR) is 93.9 cm³/mol. The van der Waals surface area contributed by atoms with Crippen molar-refractivity contribution in [2.24, 2.45) is 0 Å². The second kappa shape index (κ2) is 7.89. The summed E-state index contributed by atoms with van der Waals surface area (Å²) >= 11 is 0. The highest BCUT2D eigenvalue weighted by Crippen LogP contribution is 2.21. The Bertz CT molecular complexity index is 515. The zero-order chi connectivity index (χ0) is 20.2. The van der Waals surface area contributed by atoms with Gasteiger partial charge in [0, 0.05) is 0 Å². The van der Waals surface area contributed by atoms with Crippen molar-refractivity contribution in [3.05, 3.63) is 11.8 Å². The van der Waals surface area contributed by atoms with Gasteiger partial charge in [-0.15, -0.1) is 0 Å². The molecule has 0 aromatic heterocycles. The zero-order valence-electron chi connectivity index (χ0n) is 17.0. The van der Waals surface area contributed by atoms with E-state index in [9.17, 15) is 14.4 Å². The first-order chi connectivity index (χ1) is 11.0. The van der Waals surface area contributed by atoms with E-state index in [0.717, 1.165) is 0 Å². The summed E-state index contributed by atoms with van der Waals surface area (Å²) in [6, 6.07) is 0. The SMILES string of the molecule is C/C=C(/C(=O)OC(C)(C)C)N(C(=O)OC(C)(C)C)C(=O)OC(C)(C)C. The number of hydrogen-bond acceptors (Lipinski definition) is 6. The Labute approximate surface area is 150 Å². The minimum absolute atomic E-state index is 0.265. The van der Waals surface area contributed by atoms with Crippen LogP contribution in [0.25, 0.3) is 0 Å². The maximum Gasteiger partial charge on any atom is 0.424 e. The highest BCUT2D eigenvalue weighted by atomic mass is 16.6. The van der Waals surface area contributed by atoms with Crippen LogP contribution in [0.2, 0.25) is 0 Å². The maximum atomic E-state index is 12.5. The van der Waals surface area contributed by atoms with Crippen LogP contribution in [0.5, 0.6) is 0 Å². The Kier molecular flexibility index (Phi) is 7.24. The van der Waals surface area contributed by atoms with Crippen molar-refractivity contribution in [2.45, 2.75) is 86.0 Å². The summed E-state index contributed by atoms with van der Waals surface area (Å²) in [6.07, 6.45) is -0.719. The van der Waals surface area contributed by atoms with Crippen molar-refractivity contribution in [3.63, 3.8) is 0 Å². The lowest BCUT2D eigenvalue weighted by Gasteiger charge is -2.30. The lowest BCUT2D eigenvalue weighted by Crippen LogP contribution is -2.45. The molecule has 144 valence electrons. The Balaban J connectivity index is 5.80. The highest BCUT2D eigenvalue weighted by molar-refractivity contribution is 6.01. The molecule has 0 atom stereocenters. The number of carbonyl (C=O) groups is 3. The molecule has 0 rings (SSSR count). The number of carbonyl (C=O) groups excluding carboxylic acids is 3. The Morgan fingerprint density at radius 1 is 0.680 bits per heavy atom. The van der Waals surface area contributed by atoms with Crippen LogP contribution in [0.1, 0.15) is 69.2 Å². The third-order valence-corrected chi connectivity index (χ3v) is 2.27. The first kappa shape index (κ1) is 22.9. The van der Waals surface area contributed by atoms with Crippen LogP contribution < -0.4 is 0 Å². The third kappa shape index (κ3) is 9.12. The van der Waals surface area contributed by atoms with Crippen molar-refractivity contribution < 1.29 is 28.6 Å². The molecule has 0 bridgehead atoms. The predicted octanol–water partition coefficient (Wildman–Crippen LogP) is 4.40. The van der Waals surface area contributed by atoms with Crippen LogP contribution in [0, 0.1) is 0 Å². The molecule has 7 nitrogen and oxygen atoms in total. The quantitative estimate of drug-likeness (QED) is 0.414. The second-order valence-corrected chi connectivity index (χ2v) is 8.47. The van der Waals surface area contributed by atoms with E-state index in [0.29, 0.717) is 4.90 Å². The lowest BCUT2D eigenvalue weighted by molar-refractivity contribution is -0.151. The van der Waals surface area contributed by atoms with Gasteiger partial charge in [-0.3, -0.25) is 0 Å². The van der Waals surface area contributed by atoms with Gasteiger partial charge in [0.05, 0.1) is 0 Å². The van der Waals surface area contributed by atoms with E-state index < -0.39 is 35.0 Å². The maximum absolute atomic E-state index is 12.5. The molecule has 2 amide bonds. The number of ether oxygens (including phenoxy) is 3. The summed E-state index contributed by atoms with van der Waals surface area (Å²) in [4.78, 5) is 38.0. The first-order valence-electron chi connectivity index (χ1n) is 8.12. The van der Waals surface area contributed by atoms with Crippen molar-refractivity contribution in [3.8, 4) is 0 Å². The van der Waals surface area contributed by atoms with Gasteiger partial charge >= 0.3 is 18.2 Å². The van der Waals surface area contributed by atoms with E-state index in [1.165, 1.54) is 13.0 Å². The number of rotatable bonds is 2. The van der Waals surface area contributed by atoms with Crippen LogP contribution in [0.3, 0.4) is 0 Å². The van der Waals surface area contributed by atoms with Gasteiger partial charge in [-0.2, -0.15) is 4.90 Å². The van der Waals surface area contributed by atoms with Crippen LogP contribution in [0.4, 0.5) is 9.59 Å². The molecule has 0 aliphatic heterocycles.